The predicted octanol–water partition coefficient (Wildman–Crippen LogP) is 2.34. The van der Waals surface area contributed by atoms with Gasteiger partial charge in [0.1, 0.15) is 0 Å². The lowest BCUT2D eigenvalue weighted by Gasteiger charge is -2.36. The molecule has 0 radical (unpaired) electrons. The maximum atomic E-state index is 13.2. The van der Waals surface area contributed by atoms with E-state index in [2.05, 4.69) is 4.99 Å². The Balaban J connectivity index is 2.31. The van der Waals surface area contributed by atoms with Crippen LogP contribution in [0.3, 0.4) is 0 Å². The standard InChI is InChI=1S/C14H14F3N3O2/c1-10(22)19-4-6-20(7-5-19)13-3-2-11(18-9-21)8-12(13)14(15,16)17/h2-3,8H,4-7H2,1H3. The van der Waals surface area contributed by atoms with Crippen molar-refractivity contribution in [3.63, 3.8) is 0 Å². The van der Waals surface area contributed by atoms with Crippen molar-refractivity contribution in [1.29, 1.82) is 0 Å². The van der Waals surface area contributed by atoms with Crippen LogP contribution < -0.4 is 4.90 Å². The largest absolute Gasteiger partial charge is 0.418 e. The highest BCUT2D eigenvalue weighted by Crippen LogP contribution is 2.39. The molecule has 1 fully saturated rings. The number of anilines is 1. The molecule has 0 spiro atoms. The van der Waals surface area contributed by atoms with Gasteiger partial charge >= 0.3 is 6.18 Å². The van der Waals surface area contributed by atoms with Gasteiger partial charge < -0.3 is 9.80 Å². The number of benzene rings is 1. The number of rotatable bonds is 2. The first-order valence-electron chi connectivity index (χ1n) is 6.62. The van der Waals surface area contributed by atoms with Crippen molar-refractivity contribution in [3.05, 3.63) is 23.8 Å². The van der Waals surface area contributed by atoms with E-state index in [1.54, 1.807) is 9.80 Å². The number of hydrogen-bond donors (Lipinski definition) is 0. The first-order chi connectivity index (χ1) is 10.3. The lowest BCUT2D eigenvalue weighted by molar-refractivity contribution is -0.137. The molecule has 0 unspecified atom stereocenters. The van der Waals surface area contributed by atoms with E-state index in [1.165, 1.54) is 25.1 Å². The second-order valence-corrected chi connectivity index (χ2v) is 4.90. The molecule has 0 aliphatic carbocycles. The number of carbonyl (C=O) groups is 1. The average molecular weight is 313 g/mol. The number of aliphatic imine (C=N–C) groups is 1. The lowest BCUT2D eigenvalue weighted by atomic mass is 10.1. The van der Waals surface area contributed by atoms with Crippen LogP contribution in [0, 0.1) is 0 Å². The molecule has 0 atom stereocenters. The highest BCUT2D eigenvalue weighted by atomic mass is 19.4. The Hall–Kier alpha value is -2.34. The number of alkyl halides is 3. The number of amides is 1. The minimum absolute atomic E-state index is 0.0283. The fraction of sp³-hybridized carbons (Fsp3) is 0.429. The van der Waals surface area contributed by atoms with Gasteiger partial charge in [-0.15, -0.1) is 0 Å². The van der Waals surface area contributed by atoms with Gasteiger partial charge in [0, 0.05) is 38.8 Å². The molecule has 0 N–H and O–H groups in total. The van der Waals surface area contributed by atoms with Gasteiger partial charge in [-0.25, -0.2) is 4.79 Å². The van der Waals surface area contributed by atoms with Crippen molar-refractivity contribution >= 4 is 23.4 Å². The number of halogens is 3. The van der Waals surface area contributed by atoms with Gasteiger partial charge in [-0.1, -0.05) is 0 Å². The lowest BCUT2D eigenvalue weighted by Crippen LogP contribution is -2.48. The second-order valence-electron chi connectivity index (χ2n) is 4.90. The molecule has 2 rings (SSSR count). The quantitative estimate of drug-likeness (QED) is 0.622. The molecule has 0 bridgehead atoms. The van der Waals surface area contributed by atoms with Gasteiger partial charge in [0.2, 0.25) is 12.0 Å². The summed E-state index contributed by atoms with van der Waals surface area (Å²) < 4.78 is 39.6. The number of nitrogens with zero attached hydrogens (tertiary/aromatic N) is 3. The molecule has 22 heavy (non-hydrogen) atoms. The highest BCUT2D eigenvalue weighted by molar-refractivity contribution is 5.73. The maximum absolute atomic E-state index is 13.2. The van der Waals surface area contributed by atoms with Gasteiger partial charge in [0.15, 0.2) is 0 Å². The van der Waals surface area contributed by atoms with E-state index in [-0.39, 0.29) is 17.3 Å². The van der Waals surface area contributed by atoms with Crippen LogP contribution in [0.1, 0.15) is 12.5 Å². The molecule has 0 aromatic heterocycles. The van der Waals surface area contributed by atoms with Crippen molar-refractivity contribution in [1.82, 2.24) is 4.90 Å². The third-order valence-electron chi connectivity index (χ3n) is 3.53. The summed E-state index contributed by atoms with van der Waals surface area (Å²) in [7, 11) is 0. The zero-order chi connectivity index (χ0) is 16.3. The van der Waals surface area contributed by atoms with Crippen LogP contribution in [0.25, 0.3) is 0 Å². The van der Waals surface area contributed by atoms with Gasteiger partial charge in [0.25, 0.3) is 0 Å². The van der Waals surface area contributed by atoms with Crippen LogP contribution in [0.5, 0.6) is 0 Å². The van der Waals surface area contributed by atoms with E-state index >= 15 is 0 Å². The van der Waals surface area contributed by atoms with E-state index in [1.807, 2.05) is 0 Å². The Labute approximate surface area is 125 Å². The fourth-order valence-electron chi connectivity index (χ4n) is 2.41. The van der Waals surface area contributed by atoms with Crippen LogP contribution in [0.2, 0.25) is 0 Å². The molecule has 118 valence electrons. The molecule has 1 aliphatic heterocycles. The number of piperazine rings is 1. The summed E-state index contributed by atoms with van der Waals surface area (Å²) >= 11 is 0. The van der Waals surface area contributed by atoms with Gasteiger partial charge in [-0.05, 0) is 18.2 Å². The van der Waals surface area contributed by atoms with Gasteiger partial charge in [-0.2, -0.15) is 18.2 Å². The summed E-state index contributed by atoms with van der Waals surface area (Å²) in [5.41, 5.74) is -0.908. The molecule has 1 saturated heterocycles. The Bertz CT molecular complexity index is 616. The summed E-state index contributed by atoms with van der Waals surface area (Å²) in [6, 6.07) is 3.47. The molecule has 1 amide bonds. The Morgan fingerprint density at radius 3 is 2.36 bits per heavy atom. The zero-order valence-electron chi connectivity index (χ0n) is 11.9. The summed E-state index contributed by atoms with van der Waals surface area (Å²) in [5.74, 6) is -0.0913. The first-order valence-corrected chi connectivity index (χ1v) is 6.62. The molecule has 1 aliphatic rings. The van der Waals surface area contributed by atoms with E-state index in [4.69, 9.17) is 0 Å². The number of isocyanates is 1. The third kappa shape index (κ3) is 3.46. The minimum Gasteiger partial charge on any atom is -0.367 e. The fourth-order valence-corrected chi connectivity index (χ4v) is 2.41. The minimum atomic E-state index is -4.55. The molecule has 0 saturated carbocycles. The Kier molecular flexibility index (Phi) is 4.51. The Morgan fingerprint density at radius 1 is 1.23 bits per heavy atom. The van der Waals surface area contributed by atoms with E-state index in [0.29, 0.717) is 26.2 Å². The third-order valence-corrected chi connectivity index (χ3v) is 3.53. The number of carbonyl (C=O) groups excluding carboxylic acids is 2. The molecule has 8 heteroatoms. The van der Waals surface area contributed by atoms with Crippen molar-refractivity contribution in [2.24, 2.45) is 4.99 Å². The van der Waals surface area contributed by atoms with Crippen molar-refractivity contribution in [3.8, 4) is 0 Å². The topological polar surface area (TPSA) is 53.0 Å². The van der Waals surface area contributed by atoms with Crippen molar-refractivity contribution in [2.45, 2.75) is 13.1 Å². The smallest absolute Gasteiger partial charge is 0.367 e. The first kappa shape index (κ1) is 16.0. The normalized spacial score (nSPS) is 15.5. The van der Waals surface area contributed by atoms with Crippen LogP contribution in [-0.2, 0) is 15.8 Å². The molecule has 1 heterocycles. The molecule has 5 nitrogen and oxygen atoms in total. The van der Waals surface area contributed by atoms with Gasteiger partial charge in [0.05, 0.1) is 11.3 Å². The average Bonchev–Trinajstić information content (AvgIpc) is 2.47. The monoisotopic (exact) mass is 313 g/mol. The molecular weight excluding hydrogens is 299 g/mol. The SMILES string of the molecule is CC(=O)N1CCN(c2ccc(N=C=O)cc2C(F)(F)F)CC1. The van der Waals surface area contributed by atoms with Crippen LogP contribution in [-0.4, -0.2) is 43.1 Å². The van der Waals surface area contributed by atoms with E-state index in [9.17, 15) is 22.8 Å². The summed E-state index contributed by atoms with van der Waals surface area (Å²) in [6.07, 6.45) is -3.32. The molecule has 1 aromatic carbocycles. The van der Waals surface area contributed by atoms with Crippen LogP contribution >= 0.6 is 0 Å². The van der Waals surface area contributed by atoms with Crippen molar-refractivity contribution < 1.29 is 22.8 Å². The Morgan fingerprint density at radius 2 is 1.86 bits per heavy atom. The number of hydrogen-bond acceptors (Lipinski definition) is 4. The van der Waals surface area contributed by atoms with Crippen LogP contribution in [0.15, 0.2) is 23.2 Å². The van der Waals surface area contributed by atoms with Crippen LogP contribution in [0.4, 0.5) is 24.5 Å². The second kappa shape index (κ2) is 6.19. The zero-order valence-corrected chi connectivity index (χ0v) is 11.9. The van der Waals surface area contributed by atoms with Gasteiger partial charge in [-0.3, -0.25) is 4.79 Å². The summed E-state index contributed by atoms with van der Waals surface area (Å²) in [4.78, 5) is 27.9. The summed E-state index contributed by atoms with van der Waals surface area (Å²) in [5, 5.41) is 0. The summed E-state index contributed by atoms with van der Waals surface area (Å²) in [6.45, 7) is 2.82. The molecular formula is C14H14F3N3O2. The van der Waals surface area contributed by atoms with Crippen molar-refractivity contribution in [2.75, 3.05) is 31.1 Å². The van der Waals surface area contributed by atoms with E-state index in [0.717, 1.165) is 6.07 Å². The van der Waals surface area contributed by atoms with E-state index < -0.39 is 11.7 Å². The maximum Gasteiger partial charge on any atom is 0.418 e. The predicted molar refractivity (Wildman–Crippen MR) is 73.7 cm³/mol. The highest BCUT2D eigenvalue weighted by Gasteiger charge is 2.36. The molecule has 1 aromatic rings.